The van der Waals surface area contributed by atoms with Gasteiger partial charge in [0.25, 0.3) is 0 Å². The molecule has 0 saturated carbocycles. The van der Waals surface area contributed by atoms with Crippen molar-refractivity contribution in [1.29, 1.82) is 0 Å². The van der Waals surface area contributed by atoms with Gasteiger partial charge in [-0.1, -0.05) is 6.07 Å². The molecule has 0 atom stereocenters. The molecule has 0 aromatic carbocycles. The van der Waals surface area contributed by atoms with E-state index in [2.05, 4.69) is 84.2 Å². The van der Waals surface area contributed by atoms with Crippen LogP contribution in [-0.4, -0.2) is 7.64 Å². The first-order valence-corrected chi connectivity index (χ1v) is 7.25. The van der Waals surface area contributed by atoms with Crippen LogP contribution >= 0.6 is 51.4 Å². The Kier molecular flexibility index (Phi) is 10.3. The third-order valence-electron chi connectivity index (χ3n) is 1.37. The molecule has 2 aromatic rings. The Labute approximate surface area is 120 Å². The Balaban J connectivity index is 0.000000230. The summed E-state index contributed by atoms with van der Waals surface area (Å²) in [5, 5.41) is 2.08. The SMILES string of the molecule is Cc1ccc(Br)s1.Cc1cccs1.[B]=NS. The zero-order valence-corrected chi connectivity index (χ0v) is 13.2. The Hall–Kier alpha value is 0.0949. The van der Waals surface area contributed by atoms with E-state index >= 15 is 0 Å². The fourth-order valence-electron chi connectivity index (χ4n) is 0.765. The van der Waals surface area contributed by atoms with Crippen LogP contribution < -0.4 is 0 Å². The van der Waals surface area contributed by atoms with Gasteiger partial charge >= 0.3 is 24.8 Å². The Morgan fingerprint density at radius 3 is 2.00 bits per heavy atom. The average molecular weight is 333 g/mol. The summed E-state index contributed by atoms with van der Waals surface area (Å²) in [6, 6.07) is 8.30. The Morgan fingerprint density at radius 2 is 1.88 bits per heavy atom. The predicted octanol–water partition coefficient (Wildman–Crippen LogP) is 5.06. The molecule has 0 amide bonds. The number of hydrogen-bond acceptors (Lipinski definition) is 4. The first kappa shape index (κ1) is 16.1. The van der Waals surface area contributed by atoms with Crippen molar-refractivity contribution in [2.45, 2.75) is 13.8 Å². The van der Waals surface area contributed by atoms with Crippen LogP contribution in [0.5, 0.6) is 0 Å². The molecule has 0 aliphatic rings. The summed E-state index contributed by atoms with van der Waals surface area (Å²) < 4.78 is 3.91. The molecule has 2 heterocycles. The minimum absolute atomic E-state index is 1.21. The third kappa shape index (κ3) is 9.33. The molecular weight excluding hydrogens is 321 g/mol. The topological polar surface area (TPSA) is 12.4 Å². The average Bonchev–Trinajstić information content (AvgIpc) is 2.80. The molecule has 0 bridgehead atoms. The van der Waals surface area contributed by atoms with Crippen LogP contribution in [0, 0.1) is 13.8 Å². The molecule has 0 N–H and O–H groups in total. The molecule has 16 heavy (non-hydrogen) atoms. The van der Waals surface area contributed by atoms with Crippen LogP contribution in [0.3, 0.4) is 0 Å². The molecule has 1 radical (unpaired) electrons. The quantitative estimate of drug-likeness (QED) is 0.511. The second-order valence-corrected chi connectivity index (χ2v) is 6.74. The molecule has 0 fully saturated rings. The maximum absolute atomic E-state index is 4.34. The third-order valence-corrected chi connectivity index (χ3v) is 3.71. The Morgan fingerprint density at radius 1 is 1.25 bits per heavy atom. The van der Waals surface area contributed by atoms with E-state index in [1.54, 1.807) is 22.7 Å². The van der Waals surface area contributed by atoms with Gasteiger partial charge in [0.15, 0.2) is 0 Å². The van der Waals surface area contributed by atoms with Gasteiger partial charge in [0.2, 0.25) is 0 Å². The maximum atomic E-state index is 4.34. The standard InChI is InChI=1S/C5H5BrS.C5H6S.BHNS/c1-4-2-3-5(6)7-4;1-5-3-2-4-6-5;1-2-3/h2-3H,1H3;2-4H,1H3;3H. The zero-order valence-electron chi connectivity index (χ0n) is 9.05. The van der Waals surface area contributed by atoms with E-state index in [0.717, 1.165) is 0 Å². The summed E-state index contributed by atoms with van der Waals surface area (Å²) in [4.78, 5) is 2.74. The van der Waals surface area contributed by atoms with Gasteiger partial charge < -0.3 is 0 Å². The number of aryl methyl sites for hydroxylation is 2. The molecule has 0 unspecified atom stereocenters. The molecule has 85 valence electrons. The van der Waals surface area contributed by atoms with Crippen LogP contribution in [-0.2, 0) is 0 Å². The van der Waals surface area contributed by atoms with Crippen LogP contribution in [0.25, 0.3) is 0 Å². The van der Waals surface area contributed by atoms with Gasteiger partial charge in [-0.05, 0) is 53.4 Å². The van der Waals surface area contributed by atoms with Gasteiger partial charge in [-0.15, -0.1) is 22.7 Å². The molecule has 1 nitrogen and oxygen atoms in total. The summed E-state index contributed by atoms with van der Waals surface area (Å²) in [7, 11) is 4.34. The summed E-state index contributed by atoms with van der Waals surface area (Å²) in [5.74, 6) is 0. The number of rotatable bonds is 0. The van der Waals surface area contributed by atoms with Crippen molar-refractivity contribution in [3.05, 3.63) is 43.2 Å². The number of halogens is 1. The molecular formula is C10H12BBrNS3. The van der Waals surface area contributed by atoms with E-state index in [1.165, 1.54) is 13.5 Å². The van der Waals surface area contributed by atoms with Gasteiger partial charge in [-0.3, -0.25) is 0 Å². The van der Waals surface area contributed by atoms with E-state index in [9.17, 15) is 0 Å². The molecule has 0 spiro atoms. The number of thiophene rings is 2. The molecule has 2 aromatic heterocycles. The summed E-state index contributed by atoms with van der Waals surface area (Å²) >= 11 is 10.1. The summed E-state index contributed by atoms with van der Waals surface area (Å²) in [6.45, 7) is 4.19. The molecule has 0 saturated heterocycles. The van der Waals surface area contributed by atoms with Gasteiger partial charge in [-0.2, -0.15) is 0 Å². The predicted molar refractivity (Wildman–Crippen MR) is 83.0 cm³/mol. The Bertz CT molecular complexity index is 370. The molecule has 6 heteroatoms. The zero-order chi connectivity index (χ0) is 12.4. The van der Waals surface area contributed by atoms with E-state index in [4.69, 9.17) is 0 Å². The summed E-state index contributed by atoms with van der Waals surface area (Å²) in [6.07, 6.45) is 0. The molecule has 2 rings (SSSR count). The second-order valence-electron chi connectivity index (χ2n) is 2.69. The van der Waals surface area contributed by atoms with Crippen molar-refractivity contribution < 1.29 is 0 Å². The molecule has 0 aliphatic carbocycles. The van der Waals surface area contributed by atoms with E-state index in [0.29, 0.717) is 0 Å². The van der Waals surface area contributed by atoms with Crippen LogP contribution in [0.2, 0.25) is 0 Å². The van der Waals surface area contributed by atoms with Crippen molar-refractivity contribution in [2.75, 3.05) is 0 Å². The van der Waals surface area contributed by atoms with Crippen molar-refractivity contribution in [2.24, 2.45) is 4.30 Å². The van der Waals surface area contributed by atoms with Crippen molar-refractivity contribution in [3.63, 3.8) is 0 Å². The van der Waals surface area contributed by atoms with Crippen LogP contribution in [0.1, 0.15) is 9.75 Å². The fraction of sp³-hybridized carbons (Fsp3) is 0.200. The van der Waals surface area contributed by atoms with Gasteiger partial charge in [0.05, 0.1) is 3.79 Å². The molecule has 0 aliphatic heterocycles. The number of hydrogen-bond donors (Lipinski definition) is 1. The first-order chi connectivity index (χ1) is 7.60. The van der Waals surface area contributed by atoms with Gasteiger partial charge in [-0.25, -0.2) is 0 Å². The van der Waals surface area contributed by atoms with Crippen LogP contribution in [0.4, 0.5) is 0 Å². The van der Waals surface area contributed by atoms with Crippen molar-refractivity contribution in [3.8, 4) is 0 Å². The number of thiol groups is 1. The van der Waals surface area contributed by atoms with Crippen molar-refractivity contribution in [1.82, 2.24) is 0 Å². The van der Waals surface area contributed by atoms with E-state index in [-0.39, 0.29) is 0 Å². The minimum atomic E-state index is 1.21. The van der Waals surface area contributed by atoms with Gasteiger partial charge in [0.1, 0.15) is 0 Å². The van der Waals surface area contributed by atoms with Crippen LogP contribution in [0.15, 0.2) is 37.7 Å². The first-order valence-electron chi connectivity index (χ1n) is 4.36. The number of nitrogens with zero attached hydrogens (tertiary/aromatic N) is 1. The van der Waals surface area contributed by atoms with Crippen molar-refractivity contribution >= 4 is 59.1 Å². The van der Waals surface area contributed by atoms with Gasteiger partial charge in [0, 0.05) is 9.75 Å². The fourth-order valence-corrected chi connectivity index (χ4v) is 2.77. The normalized spacial score (nSPS) is 8.19. The second kappa shape index (κ2) is 10.3. The van der Waals surface area contributed by atoms with E-state index < -0.39 is 0 Å². The summed E-state index contributed by atoms with van der Waals surface area (Å²) in [5.41, 5.74) is 0. The monoisotopic (exact) mass is 332 g/mol. The van der Waals surface area contributed by atoms with E-state index in [1.807, 2.05) is 0 Å².